The van der Waals surface area contributed by atoms with Crippen molar-refractivity contribution in [3.8, 4) is 0 Å². The van der Waals surface area contributed by atoms with Crippen LogP contribution >= 0.6 is 0 Å². The first-order chi connectivity index (χ1) is 4.02. The summed E-state index contributed by atoms with van der Waals surface area (Å²) in [5.74, 6) is 0.419. The average Bonchev–Trinajstić information content (AvgIpc) is 1.79. The number of hydrogen-bond acceptors (Lipinski definition) is 2. The van der Waals surface area contributed by atoms with Gasteiger partial charge in [0.2, 0.25) is 0 Å². The molecule has 1 aliphatic rings. The van der Waals surface area contributed by atoms with Gasteiger partial charge in [0.25, 0.3) is 0 Å². The second kappa shape index (κ2) is 1.96. The van der Waals surface area contributed by atoms with Crippen molar-refractivity contribution in [1.29, 1.82) is 0 Å². The highest BCUT2D eigenvalue weighted by molar-refractivity contribution is 4.89. The lowest BCUT2D eigenvalue weighted by Crippen LogP contribution is -2.32. The number of aliphatic hydroxyl groups is 1. The van der Waals surface area contributed by atoms with E-state index in [4.69, 9.17) is 0 Å². The molecule has 0 spiro atoms. The van der Waals surface area contributed by atoms with E-state index in [2.05, 4.69) is 11.8 Å². The fourth-order valence-electron chi connectivity index (χ4n) is 1.43. The summed E-state index contributed by atoms with van der Waals surface area (Å²) in [6, 6.07) is 0. The van der Waals surface area contributed by atoms with E-state index in [0.717, 1.165) is 13.1 Å². The molecule has 2 atom stereocenters. The Morgan fingerprint density at radius 1 is 1.67 bits per heavy atom. The van der Waals surface area contributed by atoms with Gasteiger partial charge in [0.15, 0.2) is 0 Å². The second-order valence-corrected chi connectivity index (χ2v) is 3.45. The molecule has 0 radical (unpaired) electrons. The lowest BCUT2D eigenvalue weighted by atomic mass is 9.95. The van der Waals surface area contributed by atoms with Gasteiger partial charge < -0.3 is 10.0 Å². The minimum atomic E-state index is -0.450. The molecule has 9 heavy (non-hydrogen) atoms. The van der Waals surface area contributed by atoms with E-state index >= 15 is 0 Å². The van der Waals surface area contributed by atoms with Crippen LogP contribution in [-0.2, 0) is 0 Å². The van der Waals surface area contributed by atoms with Gasteiger partial charge in [-0.1, -0.05) is 6.92 Å². The van der Waals surface area contributed by atoms with Crippen LogP contribution in [0.4, 0.5) is 0 Å². The Bertz CT molecular complexity index is 111. The smallest absolute Gasteiger partial charge is 0.0783 e. The number of rotatable bonds is 0. The fraction of sp³-hybridized carbons (Fsp3) is 1.00. The SMILES string of the molecule is CC1CN(C)CC1(C)O. The lowest BCUT2D eigenvalue weighted by molar-refractivity contribution is 0.0383. The zero-order valence-corrected chi connectivity index (χ0v) is 6.39. The molecule has 0 aromatic heterocycles. The Hall–Kier alpha value is -0.0800. The molecule has 1 rings (SSSR count). The van der Waals surface area contributed by atoms with Crippen molar-refractivity contribution in [1.82, 2.24) is 4.90 Å². The quantitative estimate of drug-likeness (QED) is 0.509. The van der Waals surface area contributed by atoms with Crippen molar-refractivity contribution in [3.05, 3.63) is 0 Å². The summed E-state index contributed by atoms with van der Waals surface area (Å²) < 4.78 is 0. The molecule has 0 aromatic carbocycles. The third kappa shape index (κ3) is 1.25. The molecule has 1 heterocycles. The summed E-state index contributed by atoms with van der Waals surface area (Å²) in [6.07, 6.45) is 0. The zero-order valence-electron chi connectivity index (χ0n) is 6.39. The molecule has 0 saturated carbocycles. The standard InChI is InChI=1S/C7H15NO/c1-6-4-8(3)5-7(6,2)9/h6,9H,4-5H2,1-3H3. The molecule has 2 unspecified atom stereocenters. The van der Waals surface area contributed by atoms with Crippen LogP contribution < -0.4 is 0 Å². The van der Waals surface area contributed by atoms with Crippen LogP contribution in [0.2, 0.25) is 0 Å². The summed E-state index contributed by atoms with van der Waals surface area (Å²) in [5, 5.41) is 9.59. The Morgan fingerprint density at radius 3 is 2.33 bits per heavy atom. The van der Waals surface area contributed by atoms with Crippen molar-refractivity contribution >= 4 is 0 Å². The lowest BCUT2D eigenvalue weighted by Gasteiger charge is -2.20. The molecule has 1 N–H and O–H groups in total. The summed E-state index contributed by atoms with van der Waals surface area (Å²) in [5.41, 5.74) is -0.450. The molecular weight excluding hydrogens is 114 g/mol. The van der Waals surface area contributed by atoms with Gasteiger partial charge in [-0.2, -0.15) is 0 Å². The van der Waals surface area contributed by atoms with Gasteiger partial charge in [-0.05, 0) is 19.9 Å². The molecule has 1 fully saturated rings. The molecule has 0 amide bonds. The van der Waals surface area contributed by atoms with E-state index in [1.54, 1.807) is 0 Å². The van der Waals surface area contributed by atoms with Crippen LogP contribution in [-0.4, -0.2) is 35.7 Å². The highest BCUT2D eigenvalue weighted by atomic mass is 16.3. The largest absolute Gasteiger partial charge is 0.389 e. The Balaban J connectivity index is 2.58. The molecule has 0 aliphatic carbocycles. The summed E-state index contributed by atoms with van der Waals surface area (Å²) in [4.78, 5) is 2.16. The van der Waals surface area contributed by atoms with Crippen molar-refractivity contribution in [3.63, 3.8) is 0 Å². The third-order valence-electron chi connectivity index (χ3n) is 2.24. The van der Waals surface area contributed by atoms with Crippen LogP contribution in [0.1, 0.15) is 13.8 Å². The van der Waals surface area contributed by atoms with E-state index in [9.17, 15) is 5.11 Å². The highest BCUT2D eigenvalue weighted by Crippen LogP contribution is 2.24. The van der Waals surface area contributed by atoms with Gasteiger partial charge in [-0.25, -0.2) is 0 Å². The molecule has 2 nitrogen and oxygen atoms in total. The van der Waals surface area contributed by atoms with E-state index in [1.807, 2.05) is 14.0 Å². The van der Waals surface area contributed by atoms with E-state index in [0.29, 0.717) is 5.92 Å². The summed E-state index contributed by atoms with van der Waals surface area (Å²) in [6.45, 7) is 5.83. The normalized spacial score (nSPS) is 46.0. The maximum atomic E-state index is 9.59. The van der Waals surface area contributed by atoms with Gasteiger partial charge in [-0.3, -0.25) is 0 Å². The van der Waals surface area contributed by atoms with E-state index in [-0.39, 0.29) is 0 Å². The van der Waals surface area contributed by atoms with Crippen LogP contribution in [0, 0.1) is 5.92 Å². The molecule has 1 saturated heterocycles. The van der Waals surface area contributed by atoms with E-state index in [1.165, 1.54) is 0 Å². The van der Waals surface area contributed by atoms with Gasteiger partial charge in [0.05, 0.1) is 5.60 Å². The molecule has 54 valence electrons. The first kappa shape index (κ1) is 7.03. The summed E-state index contributed by atoms with van der Waals surface area (Å²) in [7, 11) is 2.04. The first-order valence-corrected chi connectivity index (χ1v) is 3.43. The van der Waals surface area contributed by atoms with Crippen molar-refractivity contribution in [2.45, 2.75) is 19.4 Å². The topological polar surface area (TPSA) is 23.5 Å². The van der Waals surface area contributed by atoms with Gasteiger partial charge >= 0.3 is 0 Å². The fourth-order valence-corrected chi connectivity index (χ4v) is 1.43. The van der Waals surface area contributed by atoms with E-state index < -0.39 is 5.60 Å². The van der Waals surface area contributed by atoms with Gasteiger partial charge in [0.1, 0.15) is 0 Å². The average molecular weight is 129 g/mol. The number of likely N-dealkylation sites (tertiary alicyclic amines) is 1. The minimum Gasteiger partial charge on any atom is -0.389 e. The van der Waals surface area contributed by atoms with Gasteiger partial charge in [-0.15, -0.1) is 0 Å². The maximum absolute atomic E-state index is 9.59. The Kier molecular flexibility index (Phi) is 1.53. The monoisotopic (exact) mass is 129 g/mol. The van der Waals surface area contributed by atoms with Crippen LogP contribution in [0.5, 0.6) is 0 Å². The Morgan fingerprint density at radius 2 is 2.22 bits per heavy atom. The molecular formula is C7H15NO. The number of nitrogens with zero attached hydrogens (tertiary/aromatic N) is 1. The van der Waals surface area contributed by atoms with Crippen molar-refractivity contribution in [2.75, 3.05) is 20.1 Å². The van der Waals surface area contributed by atoms with Crippen molar-refractivity contribution in [2.24, 2.45) is 5.92 Å². The first-order valence-electron chi connectivity index (χ1n) is 3.43. The zero-order chi connectivity index (χ0) is 7.07. The molecule has 1 aliphatic heterocycles. The Labute approximate surface area is 56.5 Å². The van der Waals surface area contributed by atoms with Crippen LogP contribution in [0.25, 0.3) is 0 Å². The third-order valence-corrected chi connectivity index (χ3v) is 2.24. The predicted molar refractivity (Wildman–Crippen MR) is 37.3 cm³/mol. The predicted octanol–water partition coefficient (Wildman–Crippen LogP) is 0.319. The van der Waals surface area contributed by atoms with Crippen LogP contribution in [0.3, 0.4) is 0 Å². The highest BCUT2D eigenvalue weighted by Gasteiger charge is 2.36. The van der Waals surface area contributed by atoms with Gasteiger partial charge in [0, 0.05) is 13.1 Å². The molecule has 2 heteroatoms. The minimum absolute atomic E-state index is 0.419. The summed E-state index contributed by atoms with van der Waals surface area (Å²) >= 11 is 0. The number of likely N-dealkylation sites (N-methyl/N-ethyl adjacent to an activating group) is 1. The molecule has 0 bridgehead atoms. The number of β-amino-alcohol motifs (C(OH)–C–C–N with tert-alkyl or cyclic N) is 1. The number of hydrogen-bond donors (Lipinski definition) is 1. The second-order valence-electron chi connectivity index (χ2n) is 3.45. The maximum Gasteiger partial charge on any atom is 0.0783 e. The van der Waals surface area contributed by atoms with Crippen LogP contribution in [0.15, 0.2) is 0 Å². The van der Waals surface area contributed by atoms with Crippen molar-refractivity contribution < 1.29 is 5.11 Å². The molecule has 0 aromatic rings.